The van der Waals surface area contributed by atoms with Crippen LogP contribution in [-0.2, 0) is 12.0 Å². The molecule has 0 aliphatic heterocycles. The first-order chi connectivity index (χ1) is 11.6. The van der Waals surface area contributed by atoms with Gasteiger partial charge in [0.05, 0.1) is 6.54 Å². The highest BCUT2D eigenvalue weighted by atomic mass is 32.1. The second-order valence-corrected chi connectivity index (χ2v) is 7.52. The van der Waals surface area contributed by atoms with Gasteiger partial charge in [0.15, 0.2) is 5.96 Å². The molecule has 2 aromatic rings. The van der Waals surface area contributed by atoms with Gasteiger partial charge in [-0.3, -0.25) is 0 Å². The Morgan fingerprint density at radius 2 is 2.21 bits per heavy atom. The van der Waals surface area contributed by atoms with Crippen LogP contribution in [0.5, 0.6) is 0 Å². The number of benzene rings is 1. The van der Waals surface area contributed by atoms with Crippen molar-refractivity contribution in [1.29, 1.82) is 0 Å². The maximum Gasteiger partial charge on any atom is 0.191 e. The van der Waals surface area contributed by atoms with Crippen LogP contribution in [0, 0.1) is 12.7 Å². The van der Waals surface area contributed by atoms with E-state index in [-0.39, 0.29) is 11.2 Å². The number of halogens is 1. The topological polar surface area (TPSA) is 49.3 Å². The SMILES string of the molecule is CCNC(=NCc1ncc(C)s1)NCC1(c2cccc(F)c2)CC1. The lowest BCUT2D eigenvalue weighted by atomic mass is 9.96. The third-order valence-corrected chi connectivity index (χ3v) is 5.17. The van der Waals surface area contributed by atoms with Gasteiger partial charge >= 0.3 is 0 Å². The van der Waals surface area contributed by atoms with Gasteiger partial charge in [-0.05, 0) is 44.4 Å². The summed E-state index contributed by atoms with van der Waals surface area (Å²) >= 11 is 1.67. The predicted molar refractivity (Wildman–Crippen MR) is 97.0 cm³/mol. The second-order valence-electron chi connectivity index (χ2n) is 6.20. The smallest absolute Gasteiger partial charge is 0.191 e. The van der Waals surface area contributed by atoms with E-state index in [1.807, 2.05) is 26.1 Å². The molecular formula is C18H23FN4S. The van der Waals surface area contributed by atoms with Crippen molar-refractivity contribution >= 4 is 17.3 Å². The van der Waals surface area contributed by atoms with Crippen molar-refractivity contribution in [2.45, 2.75) is 38.6 Å². The van der Waals surface area contributed by atoms with Gasteiger partial charge in [-0.25, -0.2) is 14.4 Å². The van der Waals surface area contributed by atoms with E-state index in [1.165, 1.54) is 10.9 Å². The Morgan fingerprint density at radius 1 is 1.38 bits per heavy atom. The lowest BCUT2D eigenvalue weighted by Crippen LogP contribution is -2.41. The Kier molecular flexibility index (Phi) is 5.14. The molecule has 0 unspecified atom stereocenters. The fraction of sp³-hybridized carbons (Fsp3) is 0.444. The molecule has 1 saturated carbocycles. The third kappa shape index (κ3) is 4.12. The summed E-state index contributed by atoms with van der Waals surface area (Å²) in [5, 5.41) is 7.69. The molecule has 0 amide bonds. The minimum atomic E-state index is -0.168. The summed E-state index contributed by atoms with van der Waals surface area (Å²) in [4.78, 5) is 10.1. The average Bonchev–Trinajstić information content (AvgIpc) is 3.25. The first-order valence-electron chi connectivity index (χ1n) is 8.31. The third-order valence-electron chi connectivity index (χ3n) is 4.27. The van der Waals surface area contributed by atoms with Crippen LogP contribution in [0.1, 0.15) is 35.2 Å². The zero-order valence-electron chi connectivity index (χ0n) is 14.1. The van der Waals surface area contributed by atoms with Crippen molar-refractivity contribution in [3.8, 4) is 0 Å². The average molecular weight is 346 g/mol. The van der Waals surface area contributed by atoms with E-state index in [0.717, 1.165) is 42.5 Å². The number of nitrogens with zero attached hydrogens (tertiary/aromatic N) is 2. The molecule has 0 bridgehead atoms. The lowest BCUT2D eigenvalue weighted by Gasteiger charge is -2.19. The van der Waals surface area contributed by atoms with Crippen LogP contribution in [0.15, 0.2) is 35.5 Å². The van der Waals surface area contributed by atoms with Crippen molar-refractivity contribution in [2.24, 2.45) is 4.99 Å². The number of aryl methyl sites for hydroxylation is 1. The zero-order chi connectivity index (χ0) is 17.0. The van der Waals surface area contributed by atoms with Crippen molar-refractivity contribution in [3.63, 3.8) is 0 Å². The number of hydrogen-bond donors (Lipinski definition) is 2. The molecule has 1 heterocycles. The molecule has 1 fully saturated rings. The van der Waals surface area contributed by atoms with Gasteiger partial charge in [0, 0.05) is 29.6 Å². The molecule has 3 rings (SSSR count). The zero-order valence-corrected chi connectivity index (χ0v) is 14.9. The summed E-state index contributed by atoms with van der Waals surface area (Å²) < 4.78 is 13.5. The summed E-state index contributed by atoms with van der Waals surface area (Å²) in [6, 6.07) is 6.95. The summed E-state index contributed by atoms with van der Waals surface area (Å²) in [5.74, 6) is 0.617. The van der Waals surface area contributed by atoms with Gasteiger partial charge < -0.3 is 10.6 Å². The quantitative estimate of drug-likeness (QED) is 0.623. The Morgan fingerprint density at radius 3 is 2.83 bits per heavy atom. The monoisotopic (exact) mass is 346 g/mol. The lowest BCUT2D eigenvalue weighted by molar-refractivity contribution is 0.607. The largest absolute Gasteiger partial charge is 0.357 e. The number of guanidine groups is 1. The van der Waals surface area contributed by atoms with E-state index in [1.54, 1.807) is 23.5 Å². The summed E-state index contributed by atoms with van der Waals surface area (Å²) in [6.45, 7) is 6.23. The van der Waals surface area contributed by atoms with Crippen LogP contribution in [-0.4, -0.2) is 24.0 Å². The maximum absolute atomic E-state index is 13.5. The second kappa shape index (κ2) is 7.30. The fourth-order valence-corrected chi connectivity index (χ4v) is 3.46. The molecular weight excluding hydrogens is 323 g/mol. The van der Waals surface area contributed by atoms with Crippen LogP contribution in [0.25, 0.3) is 0 Å². The molecule has 0 atom stereocenters. The highest BCUT2D eigenvalue weighted by Gasteiger charge is 2.44. The number of aromatic nitrogens is 1. The molecule has 0 radical (unpaired) electrons. The molecule has 0 saturated heterocycles. The van der Waals surface area contributed by atoms with Crippen molar-refractivity contribution in [1.82, 2.24) is 15.6 Å². The fourth-order valence-electron chi connectivity index (χ4n) is 2.75. The Labute approximate surface area is 146 Å². The first-order valence-corrected chi connectivity index (χ1v) is 9.12. The molecule has 0 spiro atoms. The summed E-state index contributed by atoms with van der Waals surface area (Å²) in [7, 11) is 0. The van der Waals surface area contributed by atoms with E-state index in [0.29, 0.717) is 6.54 Å². The summed E-state index contributed by atoms with van der Waals surface area (Å²) in [5.41, 5.74) is 1.11. The minimum Gasteiger partial charge on any atom is -0.357 e. The first kappa shape index (κ1) is 16.9. The highest BCUT2D eigenvalue weighted by molar-refractivity contribution is 7.11. The molecule has 2 N–H and O–H groups in total. The molecule has 4 nitrogen and oxygen atoms in total. The van der Waals surface area contributed by atoms with Gasteiger partial charge in [0.1, 0.15) is 10.8 Å². The normalized spacial score (nSPS) is 16.0. The van der Waals surface area contributed by atoms with E-state index in [4.69, 9.17) is 0 Å². The van der Waals surface area contributed by atoms with E-state index >= 15 is 0 Å². The van der Waals surface area contributed by atoms with Gasteiger partial charge in [0.2, 0.25) is 0 Å². The molecule has 128 valence electrons. The Balaban J connectivity index is 1.63. The molecule has 1 aliphatic carbocycles. The van der Waals surface area contributed by atoms with E-state index in [9.17, 15) is 4.39 Å². The van der Waals surface area contributed by atoms with Crippen LogP contribution < -0.4 is 10.6 Å². The van der Waals surface area contributed by atoms with Crippen LogP contribution in [0.3, 0.4) is 0 Å². The summed E-state index contributed by atoms with van der Waals surface area (Å²) in [6.07, 6.45) is 4.03. The number of nitrogens with one attached hydrogen (secondary N) is 2. The Hall–Kier alpha value is -1.95. The number of rotatable bonds is 6. The van der Waals surface area contributed by atoms with Crippen LogP contribution in [0.4, 0.5) is 4.39 Å². The van der Waals surface area contributed by atoms with Gasteiger partial charge in [0.25, 0.3) is 0 Å². The number of hydrogen-bond acceptors (Lipinski definition) is 3. The van der Waals surface area contributed by atoms with Crippen molar-refractivity contribution in [2.75, 3.05) is 13.1 Å². The minimum absolute atomic E-state index is 0.0378. The molecule has 6 heteroatoms. The molecule has 1 aliphatic rings. The van der Waals surface area contributed by atoms with Crippen molar-refractivity contribution in [3.05, 3.63) is 51.7 Å². The standard InChI is InChI=1S/C18H23FN4S/c1-3-20-17(22-11-16-21-10-13(2)24-16)23-12-18(7-8-18)14-5-4-6-15(19)9-14/h4-6,9-10H,3,7-8,11-12H2,1-2H3,(H2,20,22,23). The van der Waals surface area contributed by atoms with E-state index in [2.05, 4.69) is 20.6 Å². The van der Waals surface area contributed by atoms with Crippen LogP contribution in [0.2, 0.25) is 0 Å². The van der Waals surface area contributed by atoms with E-state index < -0.39 is 0 Å². The molecule has 1 aromatic heterocycles. The van der Waals surface area contributed by atoms with Crippen molar-refractivity contribution < 1.29 is 4.39 Å². The maximum atomic E-state index is 13.5. The predicted octanol–water partition coefficient (Wildman–Crippen LogP) is 3.38. The number of thiazole rings is 1. The Bertz CT molecular complexity index is 721. The molecule has 1 aromatic carbocycles. The molecule has 24 heavy (non-hydrogen) atoms. The van der Waals surface area contributed by atoms with Gasteiger partial charge in [-0.2, -0.15) is 0 Å². The number of aliphatic imine (C=N–C) groups is 1. The van der Waals surface area contributed by atoms with Gasteiger partial charge in [-0.15, -0.1) is 11.3 Å². The highest BCUT2D eigenvalue weighted by Crippen LogP contribution is 2.47. The van der Waals surface area contributed by atoms with Gasteiger partial charge in [-0.1, -0.05) is 12.1 Å². The van der Waals surface area contributed by atoms with Crippen LogP contribution >= 0.6 is 11.3 Å².